The van der Waals surface area contributed by atoms with Crippen LogP contribution in [0.15, 0.2) is 0 Å². The predicted molar refractivity (Wildman–Crippen MR) is 93.9 cm³/mol. The lowest BCUT2D eigenvalue weighted by Crippen LogP contribution is -2.41. The molecule has 3 nitrogen and oxygen atoms in total. The van der Waals surface area contributed by atoms with Gasteiger partial charge in [0.15, 0.2) is 0 Å². The van der Waals surface area contributed by atoms with Crippen molar-refractivity contribution in [2.24, 2.45) is 28.1 Å². The molecule has 134 valence electrons. The zero-order valence-corrected chi connectivity index (χ0v) is 16.4. The average Bonchev–Trinajstić information content (AvgIpc) is 2.79. The molecule has 0 amide bonds. The smallest absolute Gasteiger partial charge is 0.318 e. The van der Waals surface area contributed by atoms with Crippen molar-refractivity contribution < 1.29 is 14.3 Å². The Balaban J connectivity index is 3.18. The van der Waals surface area contributed by atoms with E-state index in [-0.39, 0.29) is 40.0 Å². The van der Waals surface area contributed by atoms with Crippen molar-refractivity contribution in [2.75, 3.05) is 0 Å². The highest BCUT2D eigenvalue weighted by Gasteiger charge is 2.55. The largest absolute Gasteiger partial charge is 0.393 e. The van der Waals surface area contributed by atoms with Crippen LogP contribution in [0.1, 0.15) is 87.5 Å². The Morgan fingerprint density at radius 1 is 0.826 bits per heavy atom. The lowest BCUT2D eigenvalue weighted by atomic mass is 9.57. The first kappa shape index (κ1) is 20.2. The molecule has 0 saturated carbocycles. The summed E-state index contributed by atoms with van der Waals surface area (Å²) in [5.74, 6) is -1.23. The number of cyclic esters (lactones) is 2. The van der Waals surface area contributed by atoms with Crippen LogP contribution in [0.4, 0.5) is 0 Å². The zero-order chi connectivity index (χ0) is 18.1. The minimum atomic E-state index is -0.309. The van der Waals surface area contributed by atoms with Crippen LogP contribution in [0, 0.1) is 28.1 Å². The van der Waals surface area contributed by atoms with Gasteiger partial charge in [0, 0.05) is 0 Å². The van der Waals surface area contributed by atoms with Crippen LogP contribution in [0.5, 0.6) is 0 Å². The van der Waals surface area contributed by atoms with Crippen molar-refractivity contribution in [1.82, 2.24) is 0 Å². The molecule has 1 saturated heterocycles. The third-order valence-electron chi connectivity index (χ3n) is 7.45. The summed E-state index contributed by atoms with van der Waals surface area (Å²) < 4.78 is 5.08. The molecule has 0 aromatic rings. The SMILES string of the molecule is CCC(C)(CC)C1C(=O)OC(=O)C1CC(C)(C)C(C)(CC)CC. The molecular formula is C20H36O3. The second-order valence-electron chi connectivity index (χ2n) is 8.54. The van der Waals surface area contributed by atoms with E-state index in [1.807, 2.05) is 0 Å². The summed E-state index contributed by atoms with van der Waals surface area (Å²) in [5.41, 5.74) is -0.0391. The molecule has 1 rings (SSSR count). The summed E-state index contributed by atoms with van der Waals surface area (Å²) >= 11 is 0. The summed E-state index contributed by atoms with van der Waals surface area (Å²) in [5, 5.41) is 0. The monoisotopic (exact) mass is 324 g/mol. The summed E-state index contributed by atoms with van der Waals surface area (Å²) in [7, 11) is 0. The van der Waals surface area contributed by atoms with Gasteiger partial charge in [-0.1, -0.05) is 68.2 Å². The van der Waals surface area contributed by atoms with Gasteiger partial charge in [-0.15, -0.1) is 0 Å². The van der Waals surface area contributed by atoms with E-state index in [0.717, 1.165) is 32.1 Å². The Morgan fingerprint density at radius 3 is 1.70 bits per heavy atom. The molecule has 1 heterocycles. The highest BCUT2D eigenvalue weighted by Crippen LogP contribution is 2.53. The van der Waals surface area contributed by atoms with Crippen molar-refractivity contribution in [3.63, 3.8) is 0 Å². The van der Waals surface area contributed by atoms with Crippen molar-refractivity contribution in [3.05, 3.63) is 0 Å². The van der Waals surface area contributed by atoms with Crippen LogP contribution in [0.25, 0.3) is 0 Å². The van der Waals surface area contributed by atoms with Gasteiger partial charge < -0.3 is 4.74 Å². The van der Waals surface area contributed by atoms with Crippen LogP contribution < -0.4 is 0 Å². The van der Waals surface area contributed by atoms with Crippen LogP contribution in [0.3, 0.4) is 0 Å². The Morgan fingerprint density at radius 2 is 1.30 bits per heavy atom. The molecule has 23 heavy (non-hydrogen) atoms. The molecular weight excluding hydrogens is 288 g/mol. The lowest BCUT2D eigenvalue weighted by molar-refractivity contribution is -0.154. The topological polar surface area (TPSA) is 43.4 Å². The Hall–Kier alpha value is -0.860. The second kappa shape index (κ2) is 6.94. The Bertz CT molecular complexity index is 442. The van der Waals surface area contributed by atoms with Gasteiger partial charge in [0.25, 0.3) is 0 Å². The molecule has 2 atom stereocenters. The fourth-order valence-corrected chi connectivity index (χ4v) is 4.20. The van der Waals surface area contributed by atoms with Gasteiger partial charge in [0.05, 0.1) is 11.8 Å². The van der Waals surface area contributed by atoms with Gasteiger partial charge in [0.2, 0.25) is 0 Å². The summed E-state index contributed by atoms with van der Waals surface area (Å²) in [6, 6.07) is 0. The Kier molecular flexibility index (Phi) is 6.09. The van der Waals surface area contributed by atoms with Gasteiger partial charge in [-0.05, 0) is 35.5 Å². The molecule has 1 aliphatic heterocycles. The van der Waals surface area contributed by atoms with E-state index < -0.39 is 0 Å². The minimum absolute atomic E-state index is 0.0224. The summed E-state index contributed by atoms with van der Waals surface area (Å²) in [4.78, 5) is 24.8. The van der Waals surface area contributed by atoms with Gasteiger partial charge in [-0.3, -0.25) is 9.59 Å². The second-order valence-corrected chi connectivity index (χ2v) is 8.54. The molecule has 0 aromatic heterocycles. The van der Waals surface area contributed by atoms with Gasteiger partial charge >= 0.3 is 11.9 Å². The van der Waals surface area contributed by atoms with E-state index in [2.05, 4.69) is 55.4 Å². The predicted octanol–water partition coefficient (Wildman–Crippen LogP) is 5.37. The van der Waals surface area contributed by atoms with Crippen LogP contribution in [0.2, 0.25) is 0 Å². The number of carbonyl (C=O) groups is 2. The van der Waals surface area contributed by atoms with Gasteiger partial charge in [-0.25, -0.2) is 0 Å². The van der Waals surface area contributed by atoms with Crippen molar-refractivity contribution in [3.8, 4) is 0 Å². The average molecular weight is 325 g/mol. The van der Waals surface area contributed by atoms with E-state index >= 15 is 0 Å². The highest BCUT2D eigenvalue weighted by molar-refractivity contribution is 5.97. The van der Waals surface area contributed by atoms with E-state index in [9.17, 15) is 9.59 Å². The Labute approximate surface area is 142 Å². The molecule has 3 heteroatoms. The van der Waals surface area contributed by atoms with Crippen molar-refractivity contribution >= 4 is 11.9 Å². The standard InChI is InChI=1S/C20H36O3/c1-9-19(7,10-2)15-14(16(21)23-17(15)22)13-18(5,6)20(8,11-3)12-4/h14-15H,9-13H2,1-8H3. The zero-order valence-electron chi connectivity index (χ0n) is 16.4. The first-order valence-electron chi connectivity index (χ1n) is 9.27. The molecule has 0 aliphatic carbocycles. The van der Waals surface area contributed by atoms with Gasteiger partial charge in [0.1, 0.15) is 0 Å². The maximum atomic E-state index is 12.4. The first-order chi connectivity index (χ1) is 10.5. The molecule has 1 fully saturated rings. The number of ether oxygens (including phenoxy) is 1. The first-order valence-corrected chi connectivity index (χ1v) is 9.27. The summed E-state index contributed by atoms with van der Waals surface area (Å²) in [6.07, 6.45) is 4.61. The van der Waals surface area contributed by atoms with Crippen LogP contribution in [-0.2, 0) is 14.3 Å². The van der Waals surface area contributed by atoms with E-state index in [1.165, 1.54) is 0 Å². The fraction of sp³-hybridized carbons (Fsp3) is 0.900. The number of hydrogen-bond acceptors (Lipinski definition) is 3. The molecule has 0 N–H and O–H groups in total. The minimum Gasteiger partial charge on any atom is -0.393 e. The third kappa shape index (κ3) is 3.49. The molecule has 0 radical (unpaired) electrons. The van der Waals surface area contributed by atoms with E-state index in [4.69, 9.17) is 4.74 Å². The number of hydrogen-bond donors (Lipinski definition) is 0. The quantitative estimate of drug-likeness (QED) is 0.445. The highest BCUT2D eigenvalue weighted by atomic mass is 16.6. The molecule has 2 unspecified atom stereocenters. The van der Waals surface area contributed by atoms with E-state index in [0.29, 0.717) is 0 Å². The lowest BCUT2D eigenvalue weighted by Gasteiger charge is -2.46. The number of carbonyl (C=O) groups excluding carboxylic acids is 2. The summed E-state index contributed by atoms with van der Waals surface area (Å²) in [6.45, 7) is 17.5. The van der Waals surface area contributed by atoms with Crippen molar-refractivity contribution in [1.29, 1.82) is 0 Å². The fourth-order valence-electron chi connectivity index (χ4n) is 4.20. The normalized spacial score (nSPS) is 23.3. The number of esters is 2. The van der Waals surface area contributed by atoms with Crippen molar-refractivity contribution in [2.45, 2.75) is 87.5 Å². The third-order valence-corrected chi connectivity index (χ3v) is 7.45. The molecule has 0 spiro atoms. The van der Waals surface area contributed by atoms with Crippen LogP contribution >= 0.6 is 0 Å². The van der Waals surface area contributed by atoms with Gasteiger partial charge in [-0.2, -0.15) is 0 Å². The maximum absolute atomic E-state index is 12.4. The molecule has 0 bridgehead atoms. The maximum Gasteiger partial charge on any atom is 0.318 e. The van der Waals surface area contributed by atoms with Crippen LogP contribution in [-0.4, -0.2) is 11.9 Å². The molecule has 1 aliphatic rings. The van der Waals surface area contributed by atoms with E-state index in [1.54, 1.807) is 0 Å². The molecule has 0 aromatic carbocycles. The number of rotatable bonds is 8.